The number of aliphatic carboxylic acids is 1. The van der Waals surface area contributed by atoms with Gasteiger partial charge in [0, 0.05) is 18.3 Å². The number of nitrogens with one attached hydrogen (secondary N) is 1. The average Bonchev–Trinajstić information content (AvgIpc) is 2.17. The Morgan fingerprint density at radius 1 is 1.38 bits per heavy atom. The van der Waals surface area contributed by atoms with E-state index in [0.717, 1.165) is 11.3 Å². The van der Waals surface area contributed by atoms with Crippen molar-refractivity contribution < 1.29 is 9.90 Å². The molecule has 66 valence electrons. The predicted molar refractivity (Wildman–Crippen MR) is 49.5 cm³/mol. The number of carboxylic acids is 1. The van der Waals surface area contributed by atoms with Crippen LogP contribution in [-0.2, 0) is 11.2 Å². The number of carbonyl (C=O) groups is 1. The first-order valence-corrected chi connectivity index (χ1v) is 4.04. The van der Waals surface area contributed by atoms with Crippen LogP contribution in [0.15, 0.2) is 36.0 Å². The summed E-state index contributed by atoms with van der Waals surface area (Å²) in [6.45, 7) is 0. The molecule has 13 heavy (non-hydrogen) atoms. The number of anilines is 1. The zero-order valence-electron chi connectivity index (χ0n) is 6.95. The van der Waals surface area contributed by atoms with E-state index in [4.69, 9.17) is 5.11 Å². The van der Waals surface area contributed by atoms with Crippen LogP contribution < -0.4 is 5.32 Å². The van der Waals surface area contributed by atoms with Crippen LogP contribution in [0, 0.1) is 0 Å². The second-order valence-electron chi connectivity index (χ2n) is 2.95. The zero-order valence-corrected chi connectivity index (χ0v) is 6.95. The van der Waals surface area contributed by atoms with Crippen molar-refractivity contribution in [1.82, 2.24) is 0 Å². The first-order valence-electron chi connectivity index (χ1n) is 4.04. The molecule has 0 aliphatic carbocycles. The molecule has 1 aliphatic rings. The maximum absolute atomic E-state index is 10.7. The summed E-state index contributed by atoms with van der Waals surface area (Å²) in [4.78, 5) is 10.7. The van der Waals surface area contributed by atoms with Gasteiger partial charge < -0.3 is 10.4 Å². The molecule has 3 heteroatoms. The van der Waals surface area contributed by atoms with Crippen molar-refractivity contribution in [2.45, 2.75) is 6.42 Å². The Bertz CT molecular complexity index is 382. The van der Waals surface area contributed by atoms with Crippen LogP contribution in [0.1, 0.15) is 5.56 Å². The number of rotatable bonds is 1. The molecule has 0 bridgehead atoms. The van der Waals surface area contributed by atoms with Gasteiger partial charge in [-0.15, -0.1) is 0 Å². The highest BCUT2D eigenvalue weighted by Gasteiger charge is 2.14. The van der Waals surface area contributed by atoms with E-state index in [9.17, 15) is 4.79 Å². The Hall–Kier alpha value is -1.77. The summed E-state index contributed by atoms with van der Waals surface area (Å²) < 4.78 is 0. The van der Waals surface area contributed by atoms with Gasteiger partial charge in [-0.05, 0) is 11.6 Å². The molecule has 1 heterocycles. The number of para-hydroxylation sites is 1. The fraction of sp³-hybridized carbons (Fsp3) is 0.100. The van der Waals surface area contributed by atoms with E-state index in [1.54, 1.807) is 6.20 Å². The summed E-state index contributed by atoms with van der Waals surface area (Å²) in [6.07, 6.45) is 2.04. The zero-order chi connectivity index (χ0) is 9.26. The van der Waals surface area contributed by atoms with E-state index in [1.165, 1.54) is 0 Å². The Balaban J connectivity index is 2.33. The third-order valence-electron chi connectivity index (χ3n) is 2.07. The quantitative estimate of drug-likeness (QED) is 0.681. The molecule has 2 N–H and O–H groups in total. The lowest BCUT2D eigenvalue weighted by molar-refractivity contribution is -0.132. The van der Waals surface area contributed by atoms with Crippen molar-refractivity contribution in [2.75, 3.05) is 5.32 Å². The van der Waals surface area contributed by atoms with Crippen LogP contribution in [0.4, 0.5) is 5.69 Å². The van der Waals surface area contributed by atoms with Crippen molar-refractivity contribution in [3.05, 3.63) is 41.6 Å². The molecule has 0 spiro atoms. The SMILES string of the molecule is O=C(O)C1=CNc2ccccc2C1. The molecule has 0 radical (unpaired) electrons. The molecule has 0 unspecified atom stereocenters. The number of benzene rings is 1. The number of hydrogen-bond acceptors (Lipinski definition) is 2. The molecular formula is C10H9NO2. The van der Waals surface area contributed by atoms with Gasteiger partial charge in [-0.3, -0.25) is 0 Å². The van der Waals surface area contributed by atoms with Crippen molar-refractivity contribution in [2.24, 2.45) is 0 Å². The number of fused-ring (bicyclic) bond motifs is 1. The van der Waals surface area contributed by atoms with Crippen LogP contribution in [0.5, 0.6) is 0 Å². The summed E-state index contributed by atoms with van der Waals surface area (Å²) >= 11 is 0. The van der Waals surface area contributed by atoms with E-state index < -0.39 is 5.97 Å². The van der Waals surface area contributed by atoms with Crippen molar-refractivity contribution >= 4 is 11.7 Å². The minimum absolute atomic E-state index is 0.402. The highest BCUT2D eigenvalue weighted by Crippen LogP contribution is 2.22. The Kier molecular flexibility index (Phi) is 1.77. The third-order valence-corrected chi connectivity index (χ3v) is 2.07. The second kappa shape index (κ2) is 2.94. The summed E-state index contributed by atoms with van der Waals surface area (Å²) in [7, 11) is 0. The molecule has 1 aromatic rings. The molecule has 0 fully saturated rings. The van der Waals surface area contributed by atoms with Gasteiger partial charge in [0.1, 0.15) is 0 Å². The lowest BCUT2D eigenvalue weighted by Crippen LogP contribution is -2.11. The highest BCUT2D eigenvalue weighted by molar-refractivity contribution is 5.89. The van der Waals surface area contributed by atoms with E-state index in [-0.39, 0.29) is 0 Å². The molecule has 3 nitrogen and oxygen atoms in total. The Labute approximate surface area is 75.7 Å². The van der Waals surface area contributed by atoms with Crippen molar-refractivity contribution in [1.29, 1.82) is 0 Å². The predicted octanol–water partition coefficient (Wildman–Crippen LogP) is 1.62. The Morgan fingerprint density at radius 2 is 2.15 bits per heavy atom. The fourth-order valence-corrected chi connectivity index (χ4v) is 1.37. The summed E-state index contributed by atoms with van der Waals surface area (Å²) in [5, 5.41) is 11.7. The topological polar surface area (TPSA) is 49.3 Å². The average molecular weight is 175 g/mol. The first-order chi connectivity index (χ1) is 6.27. The van der Waals surface area contributed by atoms with E-state index in [0.29, 0.717) is 12.0 Å². The highest BCUT2D eigenvalue weighted by atomic mass is 16.4. The minimum atomic E-state index is -0.859. The monoisotopic (exact) mass is 175 g/mol. The van der Waals surface area contributed by atoms with Crippen molar-refractivity contribution in [3.63, 3.8) is 0 Å². The van der Waals surface area contributed by atoms with Gasteiger partial charge >= 0.3 is 5.97 Å². The van der Waals surface area contributed by atoms with E-state index >= 15 is 0 Å². The molecule has 0 amide bonds. The molecule has 1 aliphatic heterocycles. The van der Waals surface area contributed by atoms with Gasteiger partial charge in [0.05, 0.1) is 5.57 Å². The molecular weight excluding hydrogens is 166 g/mol. The summed E-state index contributed by atoms with van der Waals surface area (Å²) in [5.41, 5.74) is 2.42. The molecule has 1 aromatic carbocycles. The maximum atomic E-state index is 10.7. The van der Waals surface area contributed by atoms with Gasteiger partial charge in [-0.1, -0.05) is 18.2 Å². The minimum Gasteiger partial charge on any atom is -0.478 e. The number of carboxylic acid groups (broad SMARTS) is 1. The van der Waals surface area contributed by atoms with Gasteiger partial charge in [0.25, 0.3) is 0 Å². The van der Waals surface area contributed by atoms with Gasteiger partial charge in [0.15, 0.2) is 0 Å². The fourth-order valence-electron chi connectivity index (χ4n) is 1.37. The van der Waals surface area contributed by atoms with Gasteiger partial charge in [-0.2, -0.15) is 0 Å². The van der Waals surface area contributed by atoms with Crippen molar-refractivity contribution in [3.8, 4) is 0 Å². The van der Waals surface area contributed by atoms with E-state index in [2.05, 4.69) is 5.32 Å². The molecule has 0 aromatic heterocycles. The smallest absolute Gasteiger partial charge is 0.333 e. The Morgan fingerprint density at radius 3 is 2.92 bits per heavy atom. The van der Waals surface area contributed by atoms with Crippen LogP contribution >= 0.6 is 0 Å². The largest absolute Gasteiger partial charge is 0.478 e. The van der Waals surface area contributed by atoms with Gasteiger partial charge in [0.2, 0.25) is 0 Å². The van der Waals surface area contributed by atoms with Crippen LogP contribution in [0.25, 0.3) is 0 Å². The van der Waals surface area contributed by atoms with Crippen LogP contribution in [0.2, 0.25) is 0 Å². The lowest BCUT2D eigenvalue weighted by Gasteiger charge is -2.15. The first kappa shape index (κ1) is 7.86. The molecule has 2 rings (SSSR count). The molecule has 0 saturated carbocycles. The van der Waals surface area contributed by atoms with Crippen LogP contribution in [-0.4, -0.2) is 11.1 Å². The summed E-state index contributed by atoms with van der Waals surface area (Å²) in [5.74, 6) is -0.859. The summed E-state index contributed by atoms with van der Waals surface area (Å²) in [6, 6.07) is 7.69. The molecule has 0 atom stereocenters. The maximum Gasteiger partial charge on any atom is 0.333 e. The second-order valence-corrected chi connectivity index (χ2v) is 2.95. The lowest BCUT2D eigenvalue weighted by atomic mass is 10.0. The molecule has 0 saturated heterocycles. The normalized spacial score (nSPS) is 14.0. The van der Waals surface area contributed by atoms with Crippen LogP contribution in [0.3, 0.4) is 0 Å². The number of hydrogen-bond donors (Lipinski definition) is 2. The van der Waals surface area contributed by atoms with E-state index in [1.807, 2.05) is 24.3 Å². The third kappa shape index (κ3) is 1.40. The van der Waals surface area contributed by atoms with Gasteiger partial charge in [-0.25, -0.2) is 4.79 Å². The standard InChI is InChI=1S/C10H9NO2/c12-10(13)8-5-7-3-1-2-4-9(7)11-6-8/h1-4,6,11H,5H2,(H,12,13).